The van der Waals surface area contributed by atoms with E-state index in [1.807, 2.05) is 0 Å². The Labute approximate surface area is 93.5 Å². The zero-order chi connectivity index (χ0) is 12.1. The summed E-state index contributed by atoms with van der Waals surface area (Å²) in [5, 5.41) is 18.0. The van der Waals surface area contributed by atoms with Crippen LogP contribution in [0.2, 0.25) is 0 Å². The molecule has 1 aromatic carbocycles. The summed E-state index contributed by atoms with van der Waals surface area (Å²) < 4.78 is 26.9. The summed E-state index contributed by atoms with van der Waals surface area (Å²) >= 11 is 0. The number of hydrogen-bond donors (Lipinski definition) is 2. The van der Waals surface area contributed by atoms with Gasteiger partial charge in [-0.25, -0.2) is 8.78 Å². The van der Waals surface area contributed by atoms with Crippen molar-refractivity contribution >= 4 is 0 Å². The molecular formula is C12H16F2O2. The van der Waals surface area contributed by atoms with E-state index >= 15 is 0 Å². The molecule has 0 saturated heterocycles. The van der Waals surface area contributed by atoms with Gasteiger partial charge in [-0.2, -0.15) is 0 Å². The van der Waals surface area contributed by atoms with Crippen molar-refractivity contribution < 1.29 is 19.0 Å². The molecular weight excluding hydrogens is 214 g/mol. The van der Waals surface area contributed by atoms with E-state index in [2.05, 4.69) is 0 Å². The minimum Gasteiger partial charge on any atom is -0.394 e. The van der Waals surface area contributed by atoms with Crippen LogP contribution in [0.1, 0.15) is 31.2 Å². The Hall–Kier alpha value is -1.00. The van der Waals surface area contributed by atoms with Crippen LogP contribution in [0, 0.1) is 11.6 Å². The molecule has 0 amide bonds. The molecule has 0 bridgehead atoms. The zero-order valence-electron chi connectivity index (χ0n) is 9.16. The van der Waals surface area contributed by atoms with Gasteiger partial charge in [-0.3, -0.25) is 0 Å². The lowest BCUT2D eigenvalue weighted by atomic mass is 9.90. The summed E-state index contributed by atoms with van der Waals surface area (Å²) in [6.07, 6.45) is -0.274. The fourth-order valence-corrected chi connectivity index (χ4v) is 1.79. The van der Waals surface area contributed by atoms with Crippen molar-refractivity contribution in [1.82, 2.24) is 0 Å². The van der Waals surface area contributed by atoms with Crippen molar-refractivity contribution in [1.29, 1.82) is 0 Å². The maximum Gasteiger partial charge on any atom is 0.129 e. The van der Waals surface area contributed by atoms with Gasteiger partial charge in [-0.05, 0) is 30.9 Å². The summed E-state index contributed by atoms with van der Waals surface area (Å²) in [5.74, 6) is -1.61. The molecule has 0 radical (unpaired) electrons. The van der Waals surface area contributed by atoms with Gasteiger partial charge in [-0.1, -0.05) is 13.0 Å². The molecule has 16 heavy (non-hydrogen) atoms. The third-order valence-corrected chi connectivity index (χ3v) is 2.67. The van der Waals surface area contributed by atoms with E-state index in [4.69, 9.17) is 5.11 Å². The van der Waals surface area contributed by atoms with Gasteiger partial charge in [0, 0.05) is 5.56 Å². The number of benzene rings is 1. The lowest BCUT2D eigenvalue weighted by Gasteiger charge is -2.19. The van der Waals surface area contributed by atoms with Crippen molar-refractivity contribution in [2.24, 2.45) is 0 Å². The van der Waals surface area contributed by atoms with Crippen LogP contribution in [0.25, 0.3) is 0 Å². The second kappa shape index (κ2) is 5.92. The minimum absolute atomic E-state index is 0.00231. The molecule has 0 aliphatic heterocycles. The van der Waals surface area contributed by atoms with Crippen LogP contribution in [0.3, 0.4) is 0 Å². The molecule has 0 fully saturated rings. The molecule has 0 aromatic heterocycles. The summed E-state index contributed by atoms with van der Waals surface area (Å²) in [5.41, 5.74) is -0.00231. The molecule has 2 atom stereocenters. The van der Waals surface area contributed by atoms with E-state index in [0.717, 1.165) is 0 Å². The van der Waals surface area contributed by atoms with Crippen LogP contribution in [0.15, 0.2) is 18.2 Å². The Kier molecular flexibility index (Phi) is 4.83. The number of aliphatic hydroxyl groups is 2. The zero-order valence-corrected chi connectivity index (χ0v) is 9.16. The van der Waals surface area contributed by atoms with Crippen molar-refractivity contribution in [3.8, 4) is 0 Å². The van der Waals surface area contributed by atoms with Gasteiger partial charge in [-0.15, -0.1) is 0 Å². The number of halogens is 2. The van der Waals surface area contributed by atoms with E-state index in [9.17, 15) is 13.9 Å². The first-order valence-electron chi connectivity index (χ1n) is 5.33. The monoisotopic (exact) mass is 230 g/mol. The van der Waals surface area contributed by atoms with Crippen molar-refractivity contribution in [3.63, 3.8) is 0 Å². The van der Waals surface area contributed by atoms with E-state index in [-0.39, 0.29) is 12.0 Å². The first kappa shape index (κ1) is 13.1. The molecule has 90 valence electrons. The predicted molar refractivity (Wildman–Crippen MR) is 57.1 cm³/mol. The molecule has 1 aromatic rings. The van der Waals surface area contributed by atoms with E-state index < -0.39 is 30.3 Å². The van der Waals surface area contributed by atoms with Gasteiger partial charge in [0.25, 0.3) is 0 Å². The summed E-state index contributed by atoms with van der Waals surface area (Å²) in [7, 11) is 0. The van der Waals surface area contributed by atoms with Crippen molar-refractivity contribution in [2.45, 2.75) is 31.8 Å². The standard InChI is InChI=1S/C12H16F2O2/c1-2-8(6-9(16)7-15)12-10(13)4-3-5-11(12)14/h3-5,8-9,15-16H,2,6-7H2,1H3. The molecule has 2 N–H and O–H groups in total. The van der Waals surface area contributed by atoms with Crippen LogP contribution in [0.4, 0.5) is 8.78 Å². The first-order valence-corrected chi connectivity index (χ1v) is 5.33. The largest absolute Gasteiger partial charge is 0.394 e. The van der Waals surface area contributed by atoms with Gasteiger partial charge in [0.1, 0.15) is 11.6 Å². The van der Waals surface area contributed by atoms with Crippen LogP contribution >= 0.6 is 0 Å². The van der Waals surface area contributed by atoms with E-state index in [0.29, 0.717) is 6.42 Å². The van der Waals surface area contributed by atoms with Crippen LogP contribution in [-0.4, -0.2) is 22.9 Å². The highest BCUT2D eigenvalue weighted by Gasteiger charge is 2.21. The Morgan fingerprint density at radius 1 is 1.25 bits per heavy atom. The highest BCUT2D eigenvalue weighted by atomic mass is 19.1. The van der Waals surface area contributed by atoms with Gasteiger partial charge >= 0.3 is 0 Å². The van der Waals surface area contributed by atoms with Gasteiger partial charge in [0.05, 0.1) is 12.7 Å². The maximum atomic E-state index is 13.5. The number of hydrogen-bond acceptors (Lipinski definition) is 2. The normalized spacial score (nSPS) is 14.8. The van der Waals surface area contributed by atoms with Crippen molar-refractivity contribution in [3.05, 3.63) is 35.4 Å². The number of aliphatic hydroxyl groups excluding tert-OH is 2. The molecule has 2 nitrogen and oxygen atoms in total. The SMILES string of the molecule is CCC(CC(O)CO)c1c(F)cccc1F. The Balaban J connectivity index is 2.94. The second-order valence-electron chi connectivity index (χ2n) is 3.81. The smallest absolute Gasteiger partial charge is 0.129 e. The average Bonchev–Trinajstić information content (AvgIpc) is 2.27. The summed E-state index contributed by atoms with van der Waals surface area (Å²) in [6, 6.07) is 3.71. The second-order valence-corrected chi connectivity index (χ2v) is 3.81. The molecule has 0 spiro atoms. The summed E-state index contributed by atoms with van der Waals surface area (Å²) in [6.45, 7) is 1.40. The van der Waals surface area contributed by atoms with E-state index in [1.165, 1.54) is 18.2 Å². The lowest BCUT2D eigenvalue weighted by molar-refractivity contribution is 0.0811. The van der Waals surface area contributed by atoms with Gasteiger partial charge in [0.15, 0.2) is 0 Å². The Morgan fingerprint density at radius 3 is 2.25 bits per heavy atom. The first-order chi connectivity index (χ1) is 7.60. The van der Waals surface area contributed by atoms with Crippen LogP contribution < -0.4 is 0 Å². The third kappa shape index (κ3) is 3.00. The molecule has 0 aliphatic carbocycles. The van der Waals surface area contributed by atoms with Gasteiger partial charge in [0.2, 0.25) is 0 Å². The Morgan fingerprint density at radius 2 is 1.81 bits per heavy atom. The van der Waals surface area contributed by atoms with Crippen LogP contribution in [-0.2, 0) is 0 Å². The fourth-order valence-electron chi connectivity index (χ4n) is 1.79. The molecule has 2 unspecified atom stereocenters. The van der Waals surface area contributed by atoms with E-state index in [1.54, 1.807) is 6.92 Å². The average molecular weight is 230 g/mol. The maximum absolute atomic E-state index is 13.5. The highest BCUT2D eigenvalue weighted by Crippen LogP contribution is 2.29. The Bertz CT molecular complexity index is 322. The predicted octanol–water partition coefficient (Wildman–Crippen LogP) is 2.20. The quantitative estimate of drug-likeness (QED) is 0.814. The molecule has 1 rings (SSSR count). The van der Waals surface area contributed by atoms with Crippen molar-refractivity contribution in [2.75, 3.05) is 6.61 Å². The summed E-state index contributed by atoms with van der Waals surface area (Å²) in [4.78, 5) is 0. The minimum atomic E-state index is -0.941. The third-order valence-electron chi connectivity index (χ3n) is 2.67. The molecule has 0 heterocycles. The molecule has 0 aliphatic rings. The highest BCUT2D eigenvalue weighted by molar-refractivity contribution is 5.23. The van der Waals surface area contributed by atoms with Gasteiger partial charge < -0.3 is 10.2 Å². The fraction of sp³-hybridized carbons (Fsp3) is 0.500. The molecule has 0 saturated carbocycles. The topological polar surface area (TPSA) is 40.5 Å². The lowest BCUT2D eigenvalue weighted by Crippen LogP contribution is -2.17. The number of rotatable bonds is 5. The van der Waals surface area contributed by atoms with Crippen LogP contribution in [0.5, 0.6) is 0 Å². The molecule has 4 heteroatoms.